The summed E-state index contributed by atoms with van der Waals surface area (Å²) < 4.78 is 0. The number of thiophene rings is 1. The van der Waals surface area contributed by atoms with Gasteiger partial charge < -0.3 is 15.5 Å². The summed E-state index contributed by atoms with van der Waals surface area (Å²) in [6.07, 6.45) is 3.88. The number of nitrogens with zero attached hydrogens (tertiary/aromatic N) is 3. The van der Waals surface area contributed by atoms with Crippen LogP contribution in [0.5, 0.6) is 0 Å². The molecule has 0 aromatic carbocycles. The van der Waals surface area contributed by atoms with E-state index in [2.05, 4.69) is 36.9 Å². The average Bonchev–Trinajstić information content (AvgIpc) is 3.13. The molecule has 2 N–H and O–H groups in total. The first-order valence-corrected chi connectivity index (χ1v) is 8.14. The van der Waals surface area contributed by atoms with Gasteiger partial charge in [-0.3, -0.25) is 0 Å². The van der Waals surface area contributed by atoms with Crippen molar-refractivity contribution in [3.8, 4) is 0 Å². The number of hydrogen-bond acceptors (Lipinski definition) is 6. The highest BCUT2D eigenvalue weighted by Gasteiger charge is 2.11. The smallest absolute Gasteiger partial charge is 0.225 e. The molecule has 0 saturated carbocycles. The molecule has 0 atom stereocenters. The van der Waals surface area contributed by atoms with Crippen LogP contribution in [-0.2, 0) is 0 Å². The molecule has 20 heavy (non-hydrogen) atoms. The van der Waals surface area contributed by atoms with Crippen molar-refractivity contribution in [2.45, 2.75) is 19.3 Å². The highest BCUT2D eigenvalue weighted by Crippen LogP contribution is 2.26. The van der Waals surface area contributed by atoms with Gasteiger partial charge in [-0.05, 0) is 50.3 Å². The Labute approximate surface area is 123 Å². The van der Waals surface area contributed by atoms with E-state index in [4.69, 9.17) is 0 Å². The minimum atomic E-state index is 0.682. The number of rotatable bonds is 6. The van der Waals surface area contributed by atoms with Crippen molar-refractivity contribution in [2.24, 2.45) is 0 Å². The zero-order valence-electron chi connectivity index (χ0n) is 11.9. The molecule has 2 aromatic heterocycles. The Kier molecular flexibility index (Phi) is 4.32. The topological polar surface area (TPSA) is 53.1 Å². The molecule has 3 rings (SSSR count). The van der Waals surface area contributed by atoms with Crippen LogP contribution in [0.2, 0.25) is 0 Å². The maximum Gasteiger partial charge on any atom is 0.225 e. The van der Waals surface area contributed by atoms with Crippen molar-refractivity contribution >= 4 is 33.3 Å². The van der Waals surface area contributed by atoms with Crippen molar-refractivity contribution in [2.75, 3.05) is 43.9 Å². The van der Waals surface area contributed by atoms with Crippen LogP contribution in [0.3, 0.4) is 0 Å². The average molecular weight is 291 g/mol. The van der Waals surface area contributed by atoms with E-state index < -0.39 is 0 Å². The lowest BCUT2D eigenvalue weighted by Crippen LogP contribution is -2.22. The van der Waals surface area contributed by atoms with E-state index in [1.54, 1.807) is 11.3 Å². The maximum absolute atomic E-state index is 4.52. The van der Waals surface area contributed by atoms with Gasteiger partial charge in [0.15, 0.2) is 0 Å². The molecule has 0 bridgehead atoms. The fourth-order valence-corrected chi connectivity index (χ4v) is 3.38. The van der Waals surface area contributed by atoms with Gasteiger partial charge in [0.2, 0.25) is 5.95 Å². The first kappa shape index (κ1) is 13.6. The van der Waals surface area contributed by atoms with Crippen molar-refractivity contribution in [1.82, 2.24) is 14.9 Å². The van der Waals surface area contributed by atoms with E-state index in [0.717, 1.165) is 29.0 Å². The fourth-order valence-electron chi connectivity index (χ4n) is 2.62. The normalized spacial score (nSPS) is 15.8. The molecule has 1 fully saturated rings. The van der Waals surface area contributed by atoms with Crippen molar-refractivity contribution < 1.29 is 0 Å². The SMILES string of the molecule is CNc1nc(NCCCN2CCCC2)c2ccsc2n1. The second kappa shape index (κ2) is 6.37. The molecule has 6 heteroatoms. The van der Waals surface area contributed by atoms with E-state index in [1.807, 2.05) is 7.05 Å². The van der Waals surface area contributed by atoms with Crippen molar-refractivity contribution in [1.29, 1.82) is 0 Å². The number of likely N-dealkylation sites (tertiary alicyclic amines) is 1. The standard InChI is InChI=1S/C14H21N5S/c1-15-14-17-12(11-5-10-20-13(11)18-14)16-6-4-9-19-7-2-3-8-19/h5,10H,2-4,6-9H2,1H3,(H2,15,16,17,18). The molecule has 3 heterocycles. The molecule has 108 valence electrons. The highest BCUT2D eigenvalue weighted by atomic mass is 32.1. The summed E-state index contributed by atoms with van der Waals surface area (Å²) in [6, 6.07) is 2.09. The maximum atomic E-state index is 4.52. The summed E-state index contributed by atoms with van der Waals surface area (Å²) in [4.78, 5) is 12.6. The molecule has 0 radical (unpaired) electrons. The molecule has 5 nitrogen and oxygen atoms in total. The highest BCUT2D eigenvalue weighted by molar-refractivity contribution is 7.16. The van der Waals surface area contributed by atoms with Crippen LogP contribution >= 0.6 is 11.3 Å². The van der Waals surface area contributed by atoms with Crippen LogP contribution < -0.4 is 10.6 Å². The van der Waals surface area contributed by atoms with E-state index in [0.29, 0.717) is 5.95 Å². The van der Waals surface area contributed by atoms with E-state index >= 15 is 0 Å². The van der Waals surface area contributed by atoms with E-state index in [-0.39, 0.29) is 0 Å². The van der Waals surface area contributed by atoms with Gasteiger partial charge in [0.1, 0.15) is 10.6 Å². The largest absolute Gasteiger partial charge is 0.369 e. The number of fused-ring (bicyclic) bond motifs is 1. The molecule has 0 spiro atoms. The van der Waals surface area contributed by atoms with Crippen molar-refractivity contribution in [3.05, 3.63) is 11.4 Å². The first-order valence-electron chi connectivity index (χ1n) is 7.26. The second-order valence-electron chi connectivity index (χ2n) is 5.11. The van der Waals surface area contributed by atoms with Crippen LogP contribution in [0, 0.1) is 0 Å². The summed E-state index contributed by atoms with van der Waals surface area (Å²) in [5.41, 5.74) is 0. The summed E-state index contributed by atoms with van der Waals surface area (Å²) in [5.74, 6) is 1.63. The predicted octanol–water partition coefficient (Wildman–Crippen LogP) is 2.63. The Morgan fingerprint density at radius 2 is 2.15 bits per heavy atom. The molecular formula is C14H21N5S. The molecule has 1 saturated heterocycles. The lowest BCUT2D eigenvalue weighted by molar-refractivity contribution is 0.337. The number of anilines is 2. The third-order valence-electron chi connectivity index (χ3n) is 3.69. The molecule has 1 aliphatic rings. The monoisotopic (exact) mass is 291 g/mol. The van der Waals surface area contributed by atoms with Gasteiger partial charge in [-0.1, -0.05) is 0 Å². The quantitative estimate of drug-likeness (QED) is 0.801. The van der Waals surface area contributed by atoms with Gasteiger partial charge in [0, 0.05) is 13.6 Å². The van der Waals surface area contributed by atoms with Gasteiger partial charge in [-0.25, -0.2) is 4.98 Å². The number of nitrogens with one attached hydrogen (secondary N) is 2. The zero-order chi connectivity index (χ0) is 13.8. The molecule has 2 aromatic rings. The van der Waals surface area contributed by atoms with E-state index in [9.17, 15) is 0 Å². The summed E-state index contributed by atoms with van der Waals surface area (Å²) in [7, 11) is 1.85. The molecule has 1 aliphatic heterocycles. The minimum absolute atomic E-state index is 0.682. The predicted molar refractivity (Wildman–Crippen MR) is 85.7 cm³/mol. The summed E-state index contributed by atoms with van der Waals surface area (Å²) in [6.45, 7) is 4.68. The van der Waals surface area contributed by atoms with Gasteiger partial charge in [-0.2, -0.15) is 4.98 Å². The van der Waals surface area contributed by atoms with E-state index in [1.165, 1.54) is 32.5 Å². The molecule has 0 aliphatic carbocycles. The number of hydrogen-bond donors (Lipinski definition) is 2. The van der Waals surface area contributed by atoms with Gasteiger partial charge in [-0.15, -0.1) is 11.3 Å². The van der Waals surface area contributed by atoms with Gasteiger partial charge >= 0.3 is 0 Å². The Morgan fingerprint density at radius 1 is 1.30 bits per heavy atom. The van der Waals surface area contributed by atoms with Gasteiger partial charge in [0.05, 0.1) is 5.39 Å². The zero-order valence-corrected chi connectivity index (χ0v) is 12.7. The Morgan fingerprint density at radius 3 is 2.95 bits per heavy atom. The molecular weight excluding hydrogens is 270 g/mol. The minimum Gasteiger partial charge on any atom is -0.369 e. The Bertz CT molecular complexity index is 562. The van der Waals surface area contributed by atoms with Gasteiger partial charge in [0.25, 0.3) is 0 Å². The Balaban J connectivity index is 1.59. The van der Waals surface area contributed by atoms with Crippen LogP contribution in [-0.4, -0.2) is 48.1 Å². The third kappa shape index (κ3) is 3.02. The lowest BCUT2D eigenvalue weighted by atomic mass is 10.3. The first-order chi connectivity index (χ1) is 9.86. The summed E-state index contributed by atoms with van der Waals surface area (Å²) in [5, 5.41) is 9.67. The second-order valence-corrected chi connectivity index (χ2v) is 6.01. The summed E-state index contributed by atoms with van der Waals surface area (Å²) >= 11 is 1.65. The molecule has 0 unspecified atom stereocenters. The number of aromatic nitrogens is 2. The van der Waals surface area contributed by atoms with Crippen molar-refractivity contribution in [3.63, 3.8) is 0 Å². The third-order valence-corrected chi connectivity index (χ3v) is 4.50. The fraction of sp³-hybridized carbons (Fsp3) is 0.571. The van der Waals surface area contributed by atoms with Crippen LogP contribution in [0.4, 0.5) is 11.8 Å². The van der Waals surface area contributed by atoms with Crippen LogP contribution in [0.1, 0.15) is 19.3 Å². The Hall–Kier alpha value is -1.40. The molecule has 0 amide bonds. The van der Waals surface area contributed by atoms with Crippen LogP contribution in [0.15, 0.2) is 11.4 Å². The lowest BCUT2D eigenvalue weighted by Gasteiger charge is -2.14. The van der Waals surface area contributed by atoms with Crippen LogP contribution in [0.25, 0.3) is 10.2 Å².